The normalized spacial score (nSPS) is 19.8. The third-order valence-electron chi connectivity index (χ3n) is 6.47. The molecule has 0 aromatic carbocycles. The summed E-state index contributed by atoms with van der Waals surface area (Å²) in [5.41, 5.74) is 0.578. The Morgan fingerprint density at radius 3 is 2.31 bits per heavy atom. The minimum atomic E-state index is -0.994. The van der Waals surface area contributed by atoms with E-state index in [0.717, 1.165) is 6.08 Å². The number of ketones is 1. The summed E-state index contributed by atoms with van der Waals surface area (Å²) in [5.74, 6) is -2.68. The van der Waals surface area contributed by atoms with E-state index in [9.17, 15) is 29.4 Å². The van der Waals surface area contributed by atoms with Crippen LogP contribution < -0.4 is 5.32 Å². The van der Waals surface area contributed by atoms with Crippen LogP contribution in [0.2, 0.25) is 0 Å². The third-order valence-corrected chi connectivity index (χ3v) is 6.47. The number of amides is 2. The van der Waals surface area contributed by atoms with Gasteiger partial charge in [-0.05, 0) is 44.1 Å². The van der Waals surface area contributed by atoms with Crippen LogP contribution in [0.3, 0.4) is 0 Å². The maximum Gasteiger partial charge on any atom is 0.327 e. The molecule has 9 heteroatoms. The first kappa shape index (κ1) is 31.4. The number of carboxylic acid groups (broad SMARTS) is 1. The number of nitrogens with one attached hydrogen (secondary N) is 1. The van der Waals surface area contributed by atoms with Gasteiger partial charge in [-0.15, -0.1) is 0 Å². The molecule has 9 nitrogen and oxygen atoms in total. The molecule has 4 N–H and O–H groups in total. The number of hydrogen-bond acceptors (Lipinski definition) is 7. The summed E-state index contributed by atoms with van der Waals surface area (Å²) < 4.78 is 5.37. The van der Waals surface area contributed by atoms with Crippen LogP contribution in [0.4, 0.5) is 0 Å². The Balaban J connectivity index is 2.57. The molecule has 0 unspecified atom stereocenters. The molecule has 1 rings (SSSR count). The number of carbonyl (C=O) groups is 4. The summed E-state index contributed by atoms with van der Waals surface area (Å²) >= 11 is 0. The van der Waals surface area contributed by atoms with Crippen LogP contribution in [0, 0.1) is 17.8 Å². The van der Waals surface area contributed by atoms with Crippen LogP contribution in [0.25, 0.3) is 0 Å². The molecule has 2 amide bonds. The van der Waals surface area contributed by atoms with Crippen molar-refractivity contribution in [1.82, 2.24) is 5.32 Å². The van der Waals surface area contributed by atoms with Crippen LogP contribution in [-0.2, 0) is 23.9 Å². The molecule has 36 heavy (non-hydrogen) atoms. The highest BCUT2D eigenvalue weighted by Gasteiger charge is 2.27. The van der Waals surface area contributed by atoms with E-state index in [0.29, 0.717) is 44.1 Å². The zero-order valence-electron chi connectivity index (χ0n) is 21.7. The summed E-state index contributed by atoms with van der Waals surface area (Å²) in [6, 6.07) is 0. The smallest absolute Gasteiger partial charge is 0.327 e. The van der Waals surface area contributed by atoms with Crippen molar-refractivity contribution >= 4 is 23.6 Å². The zero-order chi connectivity index (χ0) is 27.3. The number of rotatable bonds is 16. The van der Waals surface area contributed by atoms with E-state index in [-0.39, 0.29) is 35.9 Å². The molecule has 5 atom stereocenters. The summed E-state index contributed by atoms with van der Waals surface area (Å²) in [5, 5.41) is 32.3. The first-order chi connectivity index (χ1) is 17.0. The van der Waals surface area contributed by atoms with Gasteiger partial charge >= 0.3 is 5.97 Å². The monoisotopic (exact) mass is 507 g/mol. The Morgan fingerprint density at radius 1 is 1.11 bits per heavy atom. The molecule has 0 bridgehead atoms. The summed E-state index contributed by atoms with van der Waals surface area (Å²) in [6.07, 6.45) is 8.60. The SMILES string of the molecule is CO[C@H](/C=C/CC/C=C/C(=O)O)[C@H](O)[C@H](C)/C=C(\C)[C@@H](O)[C@@H](C)C(=O)CCCC1CC(=O)NC(=O)C1. The number of imide groups is 1. The molecule has 0 aromatic rings. The van der Waals surface area contributed by atoms with Gasteiger partial charge in [-0.25, -0.2) is 4.79 Å². The summed E-state index contributed by atoms with van der Waals surface area (Å²) in [6.45, 7) is 5.18. The van der Waals surface area contributed by atoms with E-state index in [1.807, 2.05) is 6.08 Å². The van der Waals surface area contributed by atoms with Crippen molar-refractivity contribution in [2.24, 2.45) is 17.8 Å². The molecule has 0 aliphatic carbocycles. The molecule has 0 radical (unpaired) electrons. The summed E-state index contributed by atoms with van der Waals surface area (Å²) in [7, 11) is 1.48. The molecule has 0 aromatic heterocycles. The number of methoxy groups -OCH3 is 1. The fraction of sp³-hybridized carbons (Fsp3) is 0.630. The van der Waals surface area contributed by atoms with Crippen LogP contribution >= 0.6 is 0 Å². The number of carbonyl (C=O) groups excluding carboxylic acids is 3. The van der Waals surface area contributed by atoms with Crippen LogP contribution in [0.5, 0.6) is 0 Å². The Hall–Kier alpha value is -2.62. The number of ether oxygens (including phenoxy) is 1. The first-order valence-corrected chi connectivity index (χ1v) is 12.4. The van der Waals surface area contributed by atoms with Crippen LogP contribution in [0.1, 0.15) is 65.7 Å². The number of aliphatic hydroxyl groups excluding tert-OH is 2. The van der Waals surface area contributed by atoms with E-state index in [1.165, 1.54) is 7.11 Å². The van der Waals surface area contributed by atoms with Gasteiger partial charge in [0, 0.05) is 44.3 Å². The predicted molar refractivity (Wildman–Crippen MR) is 135 cm³/mol. The van der Waals surface area contributed by atoms with Crippen molar-refractivity contribution in [2.45, 2.75) is 84.0 Å². The minimum Gasteiger partial charge on any atom is -0.478 e. The molecule has 1 aliphatic rings. The Labute approximate surface area is 213 Å². The van der Waals surface area contributed by atoms with Gasteiger partial charge in [-0.1, -0.05) is 38.2 Å². The van der Waals surface area contributed by atoms with Gasteiger partial charge in [0.2, 0.25) is 11.8 Å². The van der Waals surface area contributed by atoms with Gasteiger partial charge < -0.3 is 20.1 Å². The van der Waals surface area contributed by atoms with Crippen molar-refractivity contribution in [3.63, 3.8) is 0 Å². The predicted octanol–water partition coefficient (Wildman–Crippen LogP) is 2.71. The molecular formula is C27H41NO8. The fourth-order valence-electron chi connectivity index (χ4n) is 4.27. The Kier molecular flexibility index (Phi) is 14.1. The number of piperidine rings is 1. The molecule has 1 fully saturated rings. The molecule has 1 aliphatic heterocycles. The van der Waals surface area contributed by atoms with Crippen LogP contribution in [0.15, 0.2) is 36.0 Å². The summed E-state index contributed by atoms with van der Waals surface area (Å²) in [4.78, 5) is 46.0. The van der Waals surface area contributed by atoms with Crippen molar-refractivity contribution in [3.8, 4) is 0 Å². The average molecular weight is 508 g/mol. The van der Waals surface area contributed by atoms with Crippen molar-refractivity contribution in [3.05, 3.63) is 36.0 Å². The van der Waals surface area contributed by atoms with Gasteiger partial charge in [0.25, 0.3) is 0 Å². The van der Waals surface area contributed by atoms with E-state index >= 15 is 0 Å². The van der Waals surface area contributed by atoms with Crippen molar-refractivity contribution in [2.75, 3.05) is 7.11 Å². The quantitative estimate of drug-likeness (QED) is 0.108. The first-order valence-electron chi connectivity index (χ1n) is 12.4. The second-order valence-electron chi connectivity index (χ2n) is 9.54. The Morgan fingerprint density at radius 2 is 1.72 bits per heavy atom. The fourth-order valence-corrected chi connectivity index (χ4v) is 4.27. The third kappa shape index (κ3) is 11.4. The topological polar surface area (TPSA) is 150 Å². The van der Waals surface area contributed by atoms with Crippen molar-refractivity contribution < 1.29 is 39.2 Å². The lowest BCUT2D eigenvalue weighted by Gasteiger charge is -2.25. The molecule has 1 heterocycles. The number of Topliss-reactive ketones (excluding diaryl/α,β-unsaturated/α-hetero) is 1. The molecule has 1 saturated heterocycles. The highest BCUT2D eigenvalue weighted by molar-refractivity contribution is 5.97. The van der Waals surface area contributed by atoms with E-state index < -0.39 is 30.2 Å². The van der Waals surface area contributed by atoms with E-state index in [2.05, 4.69) is 5.32 Å². The average Bonchev–Trinajstić information content (AvgIpc) is 2.81. The van der Waals surface area contributed by atoms with Crippen LogP contribution in [-0.4, -0.2) is 64.3 Å². The number of carboxylic acids is 1. The number of unbranched alkanes of at least 4 members (excludes halogenated alkanes) is 1. The molecular weight excluding hydrogens is 466 g/mol. The number of aliphatic hydroxyl groups is 2. The lowest BCUT2D eigenvalue weighted by Crippen LogP contribution is -2.38. The number of hydrogen-bond donors (Lipinski definition) is 4. The Bertz CT molecular complexity index is 831. The second kappa shape index (κ2) is 16.2. The molecule has 0 saturated carbocycles. The maximum atomic E-state index is 12.6. The lowest BCUT2D eigenvalue weighted by atomic mass is 9.87. The lowest BCUT2D eigenvalue weighted by molar-refractivity contribution is -0.135. The van der Waals surface area contributed by atoms with Gasteiger partial charge in [-0.3, -0.25) is 19.7 Å². The van der Waals surface area contributed by atoms with Gasteiger partial charge in [-0.2, -0.15) is 0 Å². The number of allylic oxidation sites excluding steroid dienone is 2. The van der Waals surface area contributed by atoms with Gasteiger partial charge in [0.05, 0.1) is 12.2 Å². The molecule has 202 valence electrons. The van der Waals surface area contributed by atoms with Gasteiger partial charge in [0.15, 0.2) is 0 Å². The maximum absolute atomic E-state index is 12.6. The minimum absolute atomic E-state index is 0.0489. The van der Waals surface area contributed by atoms with E-state index in [4.69, 9.17) is 9.84 Å². The second-order valence-corrected chi connectivity index (χ2v) is 9.54. The molecule has 0 spiro atoms. The van der Waals surface area contributed by atoms with Crippen molar-refractivity contribution in [1.29, 1.82) is 0 Å². The number of aliphatic carboxylic acids is 1. The zero-order valence-corrected chi connectivity index (χ0v) is 21.7. The highest BCUT2D eigenvalue weighted by atomic mass is 16.5. The standard InChI is InChI=1S/C27H41NO8/c1-17(14-18(2)27(35)22(36-4)12-7-5-6-8-13-25(32)33)26(34)19(3)21(29)11-9-10-20-15-23(30)28-24(31)16-20/h7-8,12-14,18-20,22,26-27,34-35H,5-6,9-11,15-16H2,1-4H3,(H,32,33)(H,28,30,31)/b12-7+,13-8+,17-14+/t18-,19+,22-,26-,27-/m1/s1. The highest BCUT2D eigenvalue weighted by Crippen LogP contribution is 2.23. The van der Waals surface area contributed by atoms with E-state index in [1.54, 1.807) is 39.0 Å². The van der Waals surface area contributed by atoms with Gasteiger partial charge in [0.1, 0.15) is 11.9 Å². The largest absolute Gasteiger partial charge is 0.478 e.